The van der Waals surface area contributed by atoms with Crippen molar-refractivity contribution in [3.05, 3.63) is 28.8 Å². The Morgan fingerprint density at radius 2 is 2.31 bits per heavy atom. The van der Waals surface area contributed by atoms with E-state index in [0.29, 0.717) is 5.02 Å². The van der Waals surface area contributed by atoms with E-state index in [1.54, 1.807) is 0 Å². The predicted octanol–water partition coefficient (Wildman–Crippen LogP) is 2.51. The van der Waals surface area contributed by atoms with E-state index >= 15 is 0 Å². The van der Waals surface area contributed by atoms with Gasteiger partial charge in [-0.25, -0.2) is 0 Å². The van der Waals surface area contributed by atoms with Gasteiger partial charge in [0.2, 0.25) is 0 Å². The highest BCUT2D eigenvalue weighted by molar-refractivity contribution is 6.30. The van der Waals surface area contributed by atoms with Gasteiger partial charge in [0.05, 0.1) is 6.10 Å². The lowest BCUT2D eigenvalue weighted by molar-refractivity contribution is 0.177. The molecule has 0 saturated carbocycles. The molecule has 1 aromatic rings. The summed E-state index contributed by atoms with van der Waals surface area (Å²) in [5, 5.41) is 0.715. The summed E-state index contributed by atoms with van der Waals surface area (Å²) < 4.78 is 5.62. The lowest BCUT2D eigenvalue weighted by Gasteiger charge is -2.28. The van der Waals surface area contributed by atoms with Crippen LogP contribution < -0.4 is 10.5 Å². The van der Waals surface area contributed by atoms with E-state index in [-0.39, 0.29) is 12.1 Å². The van der Waals surface area contributed by atoms with Crippen LogP contribution in [0.4, 0.5) is 0 Å². The fourth-order valence-corrected chi connectivity index (χ4v) is 1.85. The predicted molar refractivity (Wildman–Crippen MR) is 53.1 cm³/mol. The Morgan fingerprint density at radius 3 is 3.08 bits per heavy atom. The van der Waals surface area contributed by atoms with Gasteiger partial charge in [0.15, 0.2) is 0 Å². The van der Waals surface area contributed by atoms with Gasteiger partial charge in [-0.2, -0.15) is 0 Å². The van der Waals surface area contributed by atoms with Gasteiger partial charge in [-0.3, -0.25) is 0 Å². The summed E-state index contributed by atoms with van der Waals surface area (Å²) in [6.07, 6.45) is 1.05. The topological polar surface area (TPSA) is 35.2 Å². The molecule has 0 aromatic heterocycles. The van der Waals surface area contributed by atoms with Crippen LogP contribution >= 0.6 is 11.6 Å². The van der Waals surface area contributed by atoms with E-state index in [1.807, 2.05) is 25.1 Å². The van der Waals surface area contributed by atoms with Crippen LogP contribution in [-0.2, 0) is 0 Å². The number of hydrogen-bond acceptors (Lipinski definition) is 2. The lowest BCUT2D eigenvalue weighted by Crippen LogP contribution is -2.27. The second kappa shape index (κ2) is 3.20. The van der Waals surface area contributed by atoms with Crippen LogP contribution in [-0.4, -0.2) is 6.10 Å². The van der Waals surface area contributed by atoms with Crippen LogP contribution in [0.15, 0.2) is 18.2 Å². The summed E-state index contributed by atoms with van der Waals surface area (Å²) in [6, 6.07) is 5.64. The van der Waals surface area contributed by atoms with Gasteiger partial charge in [0.1, 0.15) is 5.75 Å². The number of fused-ring (bicyclic) bond motifs is 1. The molecule has 0 radical (unpaired) electrons. The molecule has 13 heavy (non-hydrogen) atoms. The number of ether oxygens (including phenoxy) is 1. The first-order chi connectivity index (χ1) is 6.16. The van der Waals surface area contributed by atoms with Crippen molar-refractivity contribution >= 4 is 11.6 Å². The third kappa shape index (κ3) is 1.64. The Morgan fingerprint density at radius 1 is 1.54 bits per heavy atom. The molecule has 0 saturated heterocycles. The second-order valence-corrected chi connectivity index (χ2v) is 3.89. The van der Waals surface area contributed by atoms with Crippen LogP contribution in [0.2, 0.25) is 5.02 Å². The van der Waals surface area contributed by atoms with Gasteiger partial charge in [-0.05, 0) is 25.1 Å². The first kappa shape index (κ1) is 8.85. The summed E-state index contributed by atoms with van der Waals surface area (Å²) >= 11 is 5.87. The average Bonchev–Trinajstić information content (AvgIpc) is 2.06. The summed E-state index contributed by atoms with van der Waals surface area (Å²) in [7, 11) is 0. The molecule has 1 aliphatic rings. The molecule has 0 amide bonds. The second-order valence-electron chi connectivity index (χ2n) is 3.45. The standard InChI is InChI=1S/C10H12ClNO/c1-6-4-9(12)8-5-7(11)2-3-10(8)13-6/h2-3,5-6,9H,4,12H2,1H3. The van der Waals surface area contributed by atoms with Crippen LogP contribution in [0, 0.1) is 0 Å². The summed E-state index contributed by atoms with van der Waals surface area (Å²) in [5.41, 5.74) is 6.99. The Kier molecular flexibility index (Phi) is 2.18. The lowest BCUT2D eigenvalue weighted by atomic mass is 9.98. The van der Waals surface area contributed by atoms with Crippen molar-refractivity contribution in [2.45, 2.75) is 25.5 Å². The van der Waals surface area contributed by atoms with Gasteiger partial charge in [-0.1, -0.05) is 11.6 Å². The average molecular weight is 198 g/mol. The number of rotatable bonds is 0. The minimum atomic E-state index is 0.0532. The molecule has 0 spiro atoms. The SMILES string of the molecule is CC1CC(N)c2cc(Cl)ccc2O1. The maximum Gasteiger partial charge on any atom is 0.124 e. The summed E-state index contributed by atoms with van der Waals surface area (Å²) in [6.45, 7) is 2.03. The fourth-order valence-electron chi connectivity index (χ4n) is 1.67. The van der Waals surface area contributed by atoms with Crippen LogP contribution in [0.3, 0.4) is 0 Å². The van der Waals surface area contributed by atoms with Crippen molar-refractivity contribution in [1.82, 2.24) is 0 Å². The molecule has 1 aliphatic heterocycles. The summed E-state index contributed by atoms with van der Waals surface area (Å²) in [4.78, 5) is 0. The summed E-state index contributed by atoms with van der Waals surface area (Å²) in [5.74, 6) is 0.871. The molecular formula is C10H12ClNO. The van der Waals surface area contributed by atoms with Gasteiger partial charge < -0.3 is 10.5 Å². The molecule has 2 rings (SSSR count). The van der Waals surface area contributed by atoms with E-state index in [2.05, 4.69) is 0 Å². The zero-order valence-corrected chi connectivity index (χ0v) is 8.21. The molecule has 0 fully saturated rings. The zero-order chi connectivity index (χ0) is 9.42. The molecule has 1 heterocycles. The monoisotopic (exact) mass is 197 g/mol. The molecule has 2 unspecified atom stereocenters. The smallest absolute Gasteiger partial charge is 0.124 e. The molecule has 2 atom stereocenters. The van der Waals surface area contributed by atoms with Gasteiger partial charge in [-0.15, -0.1) is 0 Å². The van der Waals surface area contributed by atoms with E-state index in [1.165, 1.54) is 0 Å². The molecule has 2 nitrogen and oxygen atoms in total. The van der Waals surface area contributed by atoms with Gasteiger partial charge >= 0.3 is 0 Å². The van der Waals surface area contributed by atoms with E-state index in [9.17, 15) is 0 Å². The number of nitrogens with two attached hydrogens (primary N) is 1. The van der Waals surface area contributed by atoms with Crippen molar-refractivity contribution in [2.75, 3.05) is 0 Å². The third-order valence-electron chi connectivity index (χ3n) is 2.29. The van der Waals surface area contributed by atoms with Crippen molar-refractivity contribution < 1.29 is 4.74 Å². The minimum Gasteiger partial charge on any atom is -0.490 e. The van der Waals surface area contributed by atoms with Gasteiger partial charge in [0.25, 0.3) is 0 Å². The van der Waals surface area contributed by atoms with Crippen molar-refractivity contribution in [3.63, 3.8) is 0 Å². The van der Waals surface area contributed by atoms with Crippen LogP contribution in [0.25, 0.3) is 0 Å². The number of hydrogen-bond donors (Lipinski definition) is 1. The van der Waals surface area contributed by atoms with Crippen molar-refractivity contribution in [1.29, 1.82) is 0 Å². The maximum atomic E-state index is 5.97. The van der Waals surface area contributed by atoms with Gasteiger partial charge in [0, 0.05) is 23.0 Å². The Bertz CT molecular complexity index is 327. The third-order valence-corrected chi connectivity index (χ3v) is 2.52. The number of benzene rings is 1. The number of halogens is 1. The molecule has 0 bridgehead atoms. The van der Waals surface area contributed by atoms with E-state index in [0.717, 1.165) is 17.7 Å². The molecular weight excluding hydrogens is 186 g/mol. The van der Waals surface area contributed by atoms with Crippen LogP contribution in [0.1, 0.15) is 24.9 Å². The Labute approximate surface area is 82.6 Å². The quantitative estimate of drug-likeness (QED) is 0.694. The van der Waals surface area contributed by atoms with E-state index in [4.69, 9.17) is 22.1 Å². The normalized spacial score (nSPS) is 26.4. The maximum absolute atomic E-state index is 5.97. The molecule has 70 valence electrons. The molecule has 0 aliphatic carbocycles. The minimum absolute atomic E-state index is 0.0532. The van der Waals surface area contributed by atoms with E-state index < -0.39 is 0 Å². The zero-order valence-electron chi connectivity index (χ0n) is 7.46. The molecule has 3 heteroatoms. The Hall–Kier alpha value is -0.730. The fraction of sp³-hybridized carbons (Fsp3) is 0.400. The molecule has 2 N–H and O–H groups in total. The first-order valence-electron chi connectivity index (χ1n) is 4.38. The highest BCUT2D eigenvalue weighted by Gasteiger charge is 2.22. The highest BCUT2D eigenvalue weighted by Crippen LogP contribution is 2.34. The van der Waals surface area contributed by atoms with Crippen molar-refractivity contribution in [2.24, 2.45) is 5.73 Å². The van der Waals surface area contributed by atoms with Crippen molar-refractivity contribution in [3.8, 4) is 5.75 Å². The largest absolute Gasteiger partial charge is 0.490 e. The molecule has 1 aromatic carbocycles. The first-order valence-corrected chi connectivity index (χ1v) is 4.76. The van der Waals surface area contributed by atoms with Crippen LogP contribution in [0.5, 0.6) is 5.75 Å². The Balaban J connectivity index is 2.43. The highest BCUT2D eigenvalue weighted by atomic mass is 35.5.